The summed E-state index contributed by atoms with van der Waals surface area (Å²) < 4.78 is 1.59. The molecule has 5 rings (SSSR count). The number of carbonyl (C=O) groups is 1. The Morgan fingerprint density at radius 3 is 2.58 bits per heavy atom. The van der Waals surface area contributed by atoms with Crippen LogP contribution in [0.2, 0.25) is 0 Å². The molecule has 0 fully saturated rings. The van der Waals surface area contributed by atoms with E-state index in [9.17, 15) is 9.59 Å². The molecule has 0 saturated carbocycles. The van der Waals surface area contributed by atoms with Gasteiger partial charge in [0.25, 0.3) is 11.5 Å². The molecule has 5 aromatic rings. The number of nitrogens with one attached hydrogen (secondary N) is 1. The molecular formula is C25H19N3O2S. The van der Waals surface area contributed by atoms with E-state index in [0.717, 1.165) is 22.0 Å². The average molecular weight is 426 g/mol. The number of anilines is 1. The first-order chi connectivity index (χ1) is 15.1. The summed E-state index contributed by atoms with van der Waals surface area (Å²) in [4.78, 5) is 31.8. The lowest BCUT2D eigenvalue weighted by molar-refractivity contribution is 0.103. The van der Waals surface area contributed by atoms with E-state index in [1.807, 2.05) is 79.7 Å². The van der Waals surface area contributed by atoms with Crippen molar-refractivity contribution < 1.29 is 4.79 Å². The maximum Gasteiger partial charge on any atom is 0.266 e. The van der Waals surface area contributed by atoms with Crippen LogP contribution in [-0.2, 0) is 6.54 Å². The molecule has 2 aromatic heterocycles. The molecule has 0 unspecified atom stereocenters. The number of rotatable bonds is 4. The third-order valence-electron chi connectivity index (χ3n) is 5.36. The van der Waals surface area contributed by atoms with E-state index < -0.39 is 0 Å². The molecule has 0 atom stereocenters. The molecule has 0 radical (unpaired) electrons. The highest BCUT2D eigenvalue weighted by Crippen LogP contribution is 2.29. The van der Waals surface area contributed by atoms with E-state index in [-0.39, 0.29) is 11.5 Å². The molecule has 152 valence electrons. The van der Waals surface area contributed by atoms with E-state index in [1.54, 1.807) is 10.9 Å². The summed E-state index contributed by atoms with van der Waals surface area (Å²) >= 11 is 1.25. The minimum atomic E-state index is -0.231. The van der Waals surface area contributed by atoms with Crippen molar-refractivity contribution in [3.05, 3.63) is 105 Å². The number of fused-ring (bicyclic) bond motifs is 2. The van der Waals surface area contributed by atoms with Gasteiger partial charge in [0.2, 0.25) is 0 Å². The predicted molar refractivity (Wildman–Crippen MR) is 126 cm³/mol. The summed E-state index contributed by atoms with van der Waals surface area (Å²) in [7, 11) is 0. The highest BCUT2D eigenvalue weighted by molar-refractivity contribution is 7.20. The summed E-state index contributed by atoms with van der Waals surface area (Å²) in [5.41, 5.74) is 2.30. The molecule has 3 aromatic carbocycles. The molecule has 6 heteroatoms. The van der Waals surface area contributed by atoms with Crippen molar-refractivity contribution in [2.45, 2.75) is 13.5 Å². The molecule has 0 spiro atoms. The van der Waals surface area contributed by atoms with E-state index in [0.29, 0.717) is 27.2 Å². The summed E-state index contributed by atoms with van der Waals surface area (Å²) in [5.74, 6) is -0.231. The van der Waals surface area contributed by atoms with Gasteiger partial charge in [0, 0.05) is 11.1 Å². The number of nitrogens with zero attached hydrogens (tertiary/aromatic N) is 2. The fourth-order valence-corrected chi connectivity index (χ4v) is 4.82. The van der Waals surface area contributed by atoms with Gasteiger partial charge in [-0.3, -0.25) is 14.2 Å². The lowest BCUT2D eigenvalue weighted by Gasteiger charge is -2.08. The fraction of sp³-hybridized carbons (Fsp3) is 0.0800. The highest BCUT2D eigenvalue weighted by atomic mass is 32.1. The van der Waals surface area contributed by atoms with Crippen LogP contribution in [-0.4, -0.2) is 15.5 Å². The van der Waals surface area contributed by atoms with Crippen LogP contribution in [0, 0.1) is 6.92 Å². The number of amides is 1. The van der Waals surface area contributed by atoms with Crippen LogP contribution in [0.4, 0.5) is 5.69 Å². The molecule has 0 aliphatic heterocycles. The normalized spacial score (nSPS) is 11.1. The van der Waals surface area contributed by atoms with Gasteiger partial charge < -0.3 is 5.32 Å². The first-order valence-electron chi connectivity index (χ1n) is 9.93. The van der Waals surface area contributed by atoms with Crippen molar-refractivity contribution in [1.29, 1.82) is 0 Å². The van der Waals surface area contributed by atoms with Crippen molar-refractivity contribution in [2.24, 2.45) is 0 Å². The van der Waals surface area contributed by atoms with Gasteiger partial charge >= 0.3 is 0 Å². The number of aromatic nitrogens is 2. The third kappa shape index (κ3) is 3.51. The quantitative estimate of drug-likeness (QED) is 0.429. The second-order valence-electron chi connectivity index (χ2n) is 7.38. The Hall–Kier alpha value is -3.77. The van der Waals surface area contributed by atoms with Gasteiger partial charge in [0.05, 0.1) is 23.1 Å². The van der Waals surface area contributed by atoms with Crippen LogP contribution in [0.1, 0.15) is 20.8 Å². The topological polar surface area (TPSA) is 64.0 Å². The molecule has 5 nitrogen and oxygen atoms in total. The first kappa shape index (κ1) is 19.2. The van der Waals surface area contributed by atoms with E-state index in [1.165, 1.54) is 11.3 Å². The Morgan fingerprint density at radius 1 is 1.00 bits per heavy atom. The van der Waals surface area contributed by atoms with Crippen molar-refractivity contribution in [1.82, 2.24) is 9.55 Å². The van der Waals surface area contributed by atoms with Crippen LogP contribution in [0.3, 0.4) is 0 Å². The minimum absolute atomic E-state index is 0.133. The molecule has 1 N–H and O–H groups in total. The number of hydrogen-bond donors (Lipinski definition) is 1. The summed E-state index contributed by atoms with van der Waals surface area (Å²) in [6.45, 7) is 2.25. The maximum absolute atomic E-state index is 13.1. The molecule has 0 bridgehead atoms. The van der Waals surface area contributed by atoms with Crippen LogP contribution >= 0.6 is 11.3 Å². The molecular weight excluding hydrogens is 406 g/mol. The summed E-state index contributed by atoms with van der Waals surface area (Å²) in [6.07, 6.45) is 1.56. The van der Waals surface area contributed by atoms with Gasteiger partial charge in [-0.15, -0.1) is 11.3 Å². The number of benzene rings is 3. The second kappa shape index (κ2) is 7.81. The molecule has 0 aliphatic carbocycles. The molecule has 0 saturated heterocycles. The Balaban J connectivity index is 1.51. The SMILES string of the molecule is Cc1c(C(=O)Nc2cccc3ccccc23)sc2ncn(Cc3ccccc3)c(=O)c12. The monoisotopic (exact) mass is 425 g/mol. The Morgan fingerprint density at radius 2 is 1.74 bits per heavy atom. The number of hydrogen-bond acceptors (Lipinski definition) is 4. The summed E-state index contributed by atoms with van der Waals surface area (Å²) in [5, 5.41) is 5.54. The van der Waals surface area contributed by atoms with Crippen LogP contribution in [0.15, 0.2) is 83.9 Å². The lowest BCUT2D eigenvalue weighted by atomic mass is 10.1. The fourth-order valence-electron chi connectivity index (χ4n) is 3.78. The largest absolute Gasteiger partial charge is 0.321 e. The maximum atomic E-state index is 13.1. The van der Waals surface area contributed by atoms with Gasteiger partial charge in [-0.1, -0.05) is 66.7 Å². The Labute approximate surface area is 182 Å². The molecule has 2 heterocycles. The Bertz CT molecular complexity index is 1480. The highest BCUT2D eigenvalue weighted by Gasteiger charge is 2.20. The standard InChI is InChI=1S/C25H19N3O2S/c1-16-21-24(26-15-28(25(21)30)14-17-8-3-2-4-9-17)31-22(16)23(29)27-20-13-7-11-18-10-5-6-12-19(18)20/h2-13,15H,14H2,1H3,(H,27,29). The average Bonchev–Trinajstić information content (AvgIpc) is 3.14. The zero-order valence-corrected chi connectivity index (χ0v) is 17.6. The number of thiophene rings is 1. The predicted octanol–water partition coefficient (Wildman–Crippen LogP) is 5.22. The van der Waals surface area contributed by atoms with Crippen molar-refractivity contribution in [2.75, 3.05) is 5.32 Å². The van der Waals surface area contributed by atoms with Gasteiger partial charge in [0.1, 0.15) is 4.83 Å². The lowest BCUT2D eigenvalue weighted by Crippen LogP contribution is -2.21. The minimum Gasteiger partial charge on any atom is -0.321 e. The third-order valence-corrected chi connectivity index (χ3v) is 6.56. The van der Waals surface area contributed by atoms with Gasteiger partial charge in [-0.25, -0.2) is 4.98 Å². The van der Waals surface area contributed by atoms with Crippen molar-refractivity contribution in [3.8, 4) is 0 Å². The van der Waals surface area contributed by atoms with E-state index >= 15 is 0 Å². The van der Waals surface area contributed by atoms with E-state index in [4.69, 9.17) is 0 Å². The number of aryl methyl sites for hydroxylation is 1. The smallest absolute Gasteiger partial charge is 0.266 e. The number of carbonyl (C=O) groups excluding carboxylic acids is 1. The van der Waals surface area contributed by atoms with Crippen molar-refractivity contribution >= 4 is 43.9 Å². The van der Waals surface area contributed by atoms with Crippen LogP contribution in [0.5, 0.6) is 0 Å². The zero-order valence-electron chi connectivity index (χ0n) is 16.8. The second-order valence-corrected chi connectivity index (χ2v) is 8.38. The zero-order chi connectivity index (χ0) is 21.4. The van der Waals surface area contributed by atoms with Crippen LogP contribution < -0.4 is 10.9 Å². The molecule has 31 heavy (non-hydrogen) atoms. The Kier molecular flexibility index (Phi) is 4.84. The van der Waals surface area contributed by atoms with Crippen LogP contribution in [0.25, 0.3) is 21.0 Å². The summed E-state index contributed by atoms with van der Waals surface area (Å²) in [6, 6.07) is 23.5. The van der Waals surface area contributed by atoms with Gasteiger partial charge in [-0.05, 0) is 29.5 Å². The van der Waals surface area contributed by atoms with E-state index in [2.05, 4.69) is 10.3 Å². The van der Waals surface area contributed by atoms with Gasteiger partial charge in [0.15, 0.2) is 0 Å². The van der Waals surface area contributed by atoms with Crippen molar-refractivity contribution in [3.63, 3.8) is 0 Å². The molecule has 1 amide bonds. The van der Waals surface area contributed by atoms with Gasteiger partial charge in [-0.2, -0.15) is 0 Å². The molecule has 0 aliphatic rings. The first-order valence-corrected chi connectivity index (χ1v) is 10.7.